The van der Waals surface area contributed by atoms with E-state index in [-0.39, 0.29) is 23.5 Å². The highest BCUT2D eigenvalue weighted by atomic mass is 16.5. The molecule has 1 spiro atoms. The van der Waals surface area contributed by atoms with Crippen molar-refractivity contribution < 1.29 is 24.5 Å². The number of methoxy groups -OCH3 is 1. The molecule has 6 heteroatoms. The van der Waals surface area contributed by atoms with E-state index in [2.05, 4.69) is 18.0 Å². The van der Waals surface area contributed by atoms with Gasteiger partial charge < -0.3 is 24.6 Å². The number of aliphatic hydroxyl groups is 1. The fourth-order valence-electron chi connectivity index (χ4n) is 5.65. The van der Waals surface area contributed by atoms with Crippen molar-refractivity contribution in [1.29, 1.82) is 0 Å². The van der Waals surface area contributed by atoms with Crippen LogP contribution < -0.4 is 9.47 Å². The number of likely N-dealkylation sites (tertiary alicyclic amines) is 1. The summed E-state index contributed by atoms with van der Waals surface area (Å²) in [4.78, 5) is 14.2. The summed E-state index contributed by atoms with van der Waals surface area (Å²) in [6.07, 6.45) is 4.38. The molecule has 0 amide bonds. The normalized spacial score (nSPS) is 37.4. The lowest BCUT2D eigenvalue weighted by atomic mass is 9.53. The summed E-state index contributed by atoms with van der Waals surface area (Å²) in [5.41, 5.74) is 1.74. The molecule has 1 aromatic rings. The zero-order valence-corrected chi connectivity index (χ0v) is 14.2. The van der Waals surface area contributed by atoms with Crippen molar-refractivity contribution >= 4 is 5.97 Å². The molecule has 5 atom stereocenters. The van der Waals surface area contributed by atoms with Gasteiger partial charge in [-0.3, -0.25) is 0 Å². The summed E-state index contributed by atoms with van der Waals surface area (Å²) in [5.74, 6) is 0.343. The Labute approximate surface area is 145 Å². The highest BCUT2D eigenvalue weighted by Crippen LogP contribution is 2.63. The fraction of sp³-hybridized carbons (Fsp3) is 0.526. The maximum Gasteiger partial charge on any atom is 0.336 e. The largest absolute Gasteiger partial charge is 0.493 e. The molecular formula is C19H21NO5. The zero-order valence-electron chi connectivity index (χ0n) is 14.2. The number of hydrogen-bond donors (Lipinski definition) is 2. The van der Waals surface area contributed by atoms with Crippen molar-refractivity contribution in [2.45, 2.75) is 36.5 Å². The molecular weight excluding hydrogens is 322 g/mol. The first-order valence-electron chi connectivity index (χ1n) is 8.70. The van der Waals surface area contributed by atoms with E-state index in [1.165, 1.54) is 7.11 Å². The summed E-state index contributed by atoms with van der Waals surface area (Å²) >= 11 is 0. The Morgan fingerprint density at radius 3 is 2.96 bits per heavy atom. The molecule has 0 radical (unpaired) electrons. The van der Waals surface area contributed by atoms with E-state index in [0.29, 0.717) is 23.5 Å². The lowest BCUT2D eigenvalue weighted by Crippen LogP contribution is -2.64. The van der Waals surface area contributed by atoms with E-state index in [4.69, 9.17) is 9.47 Å². The summed E-state index contributed by atoms with van der Waals surface area (Å²) < 4.78 is 11.7. The van der Waals surface area contributed by atoms with Gasteiger partial charge in [-0.15, -0.1) is 0 Å². The molecule has 25 heavy (non-hydrogen) atoms. The Hall–Kier alpha value is -2.05. The van der Waals surface area contributed by atoms with Crippen LogP contribution in [0.4, 0.5) is 0 Å². The second-order valence-corrected chi connectivity index (χ2v) is 7.60. The van der Waals surface area contributed by atoms with Gasteiger partial charge >= 0.3 is 5.97 Å². The highest BCUT2D eigenvalue weighted by molar-refractivity contribution is 5.92. The smallest absolute Gasteiger partial charge is 0.336 e. The third kappa shape index (κ3) is 1.64. The average Bonchev–Trinajstić information content (AvgIpc) is 2.94. The minimum Gasteiger partial charge on any atom is -0.493 e. The average molecular weight is 343 g/mol. The van der Waals surface area contributed by atoms with Crippen LogP contribution in [-0.4, -0.2) is 60.0 Å². The quantitative estimate of drug-likeness (QED) is 0.786. The number of likely N-dealkylation sites (N-methyl/N-ethyl adjacent to an activating group) is 1. The third-order valence-corrected chi connectivity index (χ3v) is 6.71. The SMILES string of the molecule is COc1cc(C(=O)O)c2c3c1OC1C(O)C=CC4C(C2)N(C)CCC341. The molecule has 2 N–H and O–H groups in total. The molecule has 1 saturated heterocycles. The fourth-order valence-corrected chi connectivity index (χ4v) is 5.65. The lowest BCUT2D eigenvalue weighted by Gasteiger charge is -2.56. The van der Waals surface area contributed by atoms with Gasteiger partial charge in [0.1, 0.15) is 12.2 Å². The Balaban J connectivity index is 1.87. The van der Waals surface area contributed by atoms with Crippen LogP contribution in [-0.2, 0) is 11.8 Å². The molecule has 0 saturated carbocycles. The molecule has 5 unspecified atom stereocenters. The second kappa shape index (κ2) is 4.77. The highest BCUT2D eigenvalue weighted by Gasteiger charge is 2.64. The molecule has 2 bridgehead atoms. The summed E-state index contributed by atoms with van der Waals surface area (Å²) in [6, 6.07) is 1.79. The topological polar surface area (TPSA) is 79.2 Å². The number of aromatic carboxylic acids is 1. The number of benzene rings is 1. The second-order valence-electron chi connectivity index (χ2n) is 7.60. The minimum absolute atomic E-state index is 0.210. The van der Waals surface area contributed by atoms with Gasteiger partial charge in [-0.25, -0.2) is 4.79 Å². The predicted molar refractivity (Wildman–Crippen MR) is 89.4 cm³/mol. The van der Waals surface area contributed by atoms with Crippen LogP contribution in [0.5, 0.6) is 11.5 Å². The van der Waals surface area contributed by atoms with Gasteiger partial charge in [0, 0.05) is 22.9 Å². The van der Waals surface area contributed by atoms with Crippen LogP contribution in [0.15, 0.2) is 18.2 Å². The molecule has 6 nitrogen and oxygen atoms in total. The number of piperidine rings is 1. The van der Waals surface area contributed by atoms with Crippen LogP contribution in [0.25, 0.3) is 0 Å². The number of carboxylic acid groups (broad SMARTS) is 1. The number of carbonyl (C=O) groups is 1. The molecule has 1 fully saturated rings. The van der Waals surface area contributed by atoms with Crippen molar-refractivity contribution in [3.63, 3.8) is 0 Å². The van der Waals surface area contributed by atoms with E-state index in [9.17, 15) is 15.0 Å². The molecule has 2 heterocycles. The number of ether oxygens (including phenoxy) is 2. The van der Waals surface area contributed by atoms with Crippen LogP contribution in [0.2, 0.25) is 0 Å². The lowest BCUT2D eigenvalue weighted by molar-refractivity contribution is -0.0454. The van der Waals surface area contributed by atoms with Crippen molar-refractivity contribution in [3.8, 4) is 11.5 Å². The van der Waals surface area contributed by atoms with Gasteiger partial charge in [0.25, 0.3) is 0 Å². The van der Waals surface area contributed by atoms with Crippen molar-refractivity contribution in [2.75, 3.05) is 20.7 Å². The van der Waals surface area contributed by atoms with Gasteiger partial charge in [0.05, 0.1) is 12.7 Å². The molecule has 132 valence electrons. The van der Waals surface area contributed by atoms with Crippen molar-refractivity contribution in [3.05, 3.63) is 34.9 Å². The number of rotatable bonds is 2. The summed E-state index contributed by atoms with van der Waals surface area (Å²) in [6.45, 7) is 0.903. The Morgan fingerprint density at radius 2 is 2.24 bits per heavy atom. The number of nitrogens with zero attached hydrogens (tertiary/aromatic N) is 1. The van der Waals surface area contributed by atoms with Crippen molar-refractivity contribution in [2.24, 2.45) is 5.92 Å². The first-order chi connectivity index (χ1) is 12.0. The third-order valence-electron chi connectivity index (χ3n) is 6.71. The van der Waals surface area contributed by atoms with Gasteiger partial charge in [0.2, 0.25) is 0 Å². The Bertz CT molecular complexity index is 819. The molecule has 4 aliphatic rings. The van der Waals surface area contributed by atoms with Gasteiger partial charge in [-0.1, -0.05) is 12.2 Å². The Kier molecular flexibility index (Phi) is 2.90. The van der Waals surface area contributed by atoms with E-state index >= 15 is 0 Å². The first kappa shape index (κ1) is 15.2. The van der Waals surface area contributed by atoms with Gasteiger partial charge in [-0.2, -0.15) is 0 Å². The summed E-state index contributed by atoms with van der Waals surface area (Å²) in [7, 11) is 3.62. The van der Waals surface area contributed by atoms with Crippen molar-refractivity contribution in [1.82, 2.24) is 4.90 Å². The van der Waals surface area contributed by atoms with Gasteiger partial charge in [-0.05, 0) is 38.1 Å². The van der Waals surface area contributed by atoms with E-state index < -0.39 is 12.1 Å². The predicted octanol–water partition coefficient (Wildman–Crippen LogP) is 1.20. The minimum atomic E-state index is -0.943. The van der Waals surface area contributed by atoms with E-state index in [1.807, 2.05) is 6.08 Å². The van der Waals surface area contributed by atoms with Crippen LogP contribution >= 0.6 is 0 Å². The van der Waals surface area contributed by atoms with Crippen LogP contribution in [0, 0.1) is 5.92 Å². The van der Waals surface area contributed by atoms with Crippen LogP contribution in [0.3, 0.4) is 0 Å². The monoisotopic (exact) mass is 343 g/mol. The van der Waals surface area contributed by atoms with Crippen LogP contribution in [0.1, 0.15) is 27.9 Å². The standard InChI is InChI=1S/C19H21NO5/c1-20-6-5-19-11-3-4-13(21)17(19)25-16-14(24-2)8-10(18(22)23)9(15(16)19)7-12(11)20/h3-4,8,11-13,17,21H,5-7H2,1-2H3,(H,22,23). The molecule has 2 aliphatic heterocycles. The van der Waals surface area contributed by atoms with E-state index in [1.54, 1.807) is 6.07 Å². The maximum atomic E-state index is 11.9. The number of aliphatic hydroxyl groups excluding tert-OH is 1. The molecule has 0 aromatic heterocycles. The Morgan fingerprint density at radius 1 is 1.44 bits per heavy atom. The van der Waals surface area contributed by atoms with Gasteiger partial charge in [0.15, 0.2) is 11.5 Å². The molecule has 5 rings (SSSR count). The molecule has 1 aromatic carbocycles. The maximum absolute atomic E-state index is 11.9. The first-order valence-corrected chi connectivity index (χ1v) is 8.70. The summed E-state index contributed by atoms with van der Waals surface area (Å²) in [5, 5.41) is 20.4. The number of hydrogen-bond acceptors (Lipinski definition) is 5. The zero-order chi connectivity index (χ0) is 17.5. The van der Waals surface area contributed by atoms with E-state index in [0.717, 1.165) is 24.1 Å². The number of carboxylic acids is 1. The molecule has 2 aliphatic carbocycles.